The summed E-state index contributed by atoms with van der Waals surface area (Å²) in [7, 11) is 0. The van der Waals surface area contributed by atoms with Crippen molar-refractivity contribution in [1.82, 2.24) is 9.97 Å². The number of imidazole rings is 1. The smallest absolute Gasteiger partial charge is 0.205 e. The normalized spacial score (nSPS) is 10.4. The number of aromatic amines is 1. The predicted molar refractivity (Wildman–Crippen MR) is 82.6 cm³/mol. The highest BCUT2D eigenvalue weighted by Crippen LogP contribution is 2.27. The summed E-state index contributed by atoms with van der Waals surface area (Å²) >= 11 is 3.43. The molecule has 0 radical (unpaired) electrons. The second-order valence-corrected chi connectivity index (χ2v) is 5.15. The van der Waals surface area contributed by atoms with Crippen LogP contribution in [0.4, 0.5) is 17.3 Å². The molecular weight excluding hydrogens is 318 g/mol. The number of halogens is 1. The first-order valence-electron chi connectivity index (χ1n) is 5.87. The van der Waals surface area contributed by atoms with Crippen LogP contribution < -0.4 is 11.1 Å². The molecule has 1 heterocycles. The zero-order chi connectivity index (χ0) is 14.1. The van der Waals surface area contributed by atoms with E-state index in [-0.39, 0.29) is 0 Å². The Hall–Kier alpha value is -2.52. The van der Waals surface area contributed by atoms with Gasteiger partial charge in [0.25, 0.3) is 0 Å². The molecule has 1 aromatic heterocycles. The van der Waals surface area contributed by atoms with Crippen molar-refractivity contribution in [3.63, 3.8) is 0 Å². The summed E-state index contributed by atoms with van der Waals surface area (Å²) in [6.45, 7) is 0. The zero-order valence-corrected chi connectivity index (χ0v) is 11.9. The highest BCUT2D eigenvalue weighted by molar-refractivity contribution is 9.10. The highest BCUT2D eigenvalue weighted by atomic mass is 79.9. The molecule has 0 aliphatic carbocycles. The van der Waals surface area contributed by atoms with Crippen molar-refractivity contribution in [2.24, 2.45) is 0 Å². The lowest BCUT2D eigenvalue weighted by atomic mass is 10.2. The second-order valence-electron chi connectivity index (χ2n) is 4.29. The van der Waals surface area contributed by atoms with E-state index in [9.17, 15) is 0 Å². The molecule has 0 fully saturated rings. The van der Waals surface area contributed by atoms with Gasteiger partial charge in [0.05, 0.1) is 28.4 Å². The third-order valence-electron chi connectivity index (χ3n) is 2.86. The Morgan fingerprint density at radius 2 is 2.10 bits per heavy atom. The number of hydrogen-bond acceptors (Lipinski definition) is 4. The van der Waals surface area contributed by atoms with Crippen LogP contribution in [0, 0.1) is 11.3 Å². The molecule has 0 amide bonds. The van der Waals surface area contributed by atoms with Gasteiger partial charge in [0.2, 0.25) is 5.95 Å². The number of fused-ring (bicyclic) bond motifs is 1. The SMILES string of the molecule is N#Cc1ccc(Nc2nc3ccc(N)cc3[nH]2)c(Br)c1. The van der Waals surface area contributed by atoms with Gasteiger partial charge in [0.1, 0.15) is 0 Å². The van der Waals surface area contributed by atoms with E-state index in [2.05, 4.69) is 37.3 Å². The molecule has 0 unspecified atom stereocenters. The molecule has 6 heteroatoms. The molecular formula is C14H10BrN5. The molecule has 3 aromatic rings. The van der Waals surface area contributed by atoms with Crippen LogP contribution in [0.1, 0.15) is 5.56 Å². The number of aromatic nitrogens is 2. The minimum Gasteiger partial charge on any atom is -0.399 e. The maximum absolute atomic E-state index is 8.84. The van der Waals surface area contributed by atoms with E-state index in [1.54, 1.807) is 12.1 Å². The van der Waals surface area contributed by atoms with Crippen LogP contribution in [0.3, 0.4) is 0 Å². The van der Waals surface area contributed by atoms with Crippen LogP contribution in [0.2, 0.25) is 0 Å². The van der Waals surface area contributed by atoms with Crippen molar-refractivity contribution in [3.05, 3.63) is 46.4 Å². The molecule has 0 saturated carbocycles. The van der Waals surface area contributed by atoms with Gasteiger partial charge < -0.3 is 16.0 Å². The fraction of sp³-hybridized carbons (Fsp3) is 0. The van der Waals surface area contributed by atoms with Gasteiger partial charge in [0.15, 0.2) is 0 Å². The molecule has 2 aromatic carbocycles. The number of H-pyrrole nitrogens is 1. The zero-order valence-electron chi connectivity index (χ0n) is 10.3. The van der Waals surface area contributed by atoms with Crippen LogP contribution in [0.25, 0.3) is 11.0 Å². The monoisotopic (exact) mass is 327 g/mol. The van der Waals surface area contributed by atoms with Crippen LogP contribution in [0.5, 0.6) is 0 Å². The predicted octanol–water partition coefficient (Wildman–Crippen LogP) is 3.52. The van der Waals surface area contributed by atoms with Crippen molar-refractivity contribution in [1.29, 1.82) is 5.26 Å². The Morgan fingerprint density at radius 3 is 2.85 bits per heavy atom. The third kappa shape index (κ3) is 2.31. The summed E-state index contributed by atoms with van der Waals surface area (Å²) in [5.74, 6) is 0.621. The molecule has 0 aliphatic heterocycles. The number of nitrogens with two attached hydrogens (primary N) is 1. The molecule has 0 bridgehead atoms. The number of benzene rings is 2. The Balaban J connectivity index is 1.95. The maximum Gasteiger partial charge on any atom is 0.205 e. The van der Waals surface area contributed by atoms with Crippen molar-refractivity contribution >= 4 is 44.3 Å². The standard InChI is InChI=1S/C14H10BrN5/c15-10-5-8(7-16)1-3-11(10)18-14-19-12-4-2-9(17)6-13(12)20-14/h1-6H,17H2,(H2,18,19,20). The fourth-order valence-corrected chi connectivity index (χ4v) is 2.38. The van der Waals surface area contributed by atoms with E-state index >= 15 is 0 Å². The number of anilines is 3. The number of nitrogens with zero attached hydrogens (tertiary/aromatic N) is 2. The molecule has 0 saturated heterocycles. The fourth-order valence-electron chi connectivity index (χ4n) is 1.90. The Morgan fingerprint density at radius 1 is 1.25 bits per heavy atom. The average Bonchev–Trinajstić information content (AvgIpc) is 2.82. The summed E-state index contributed by atoms with van der Waals surface area (Å²) in [5, 5.41) is 12.0. The minimum absolute atomic E-state index is 0.597. The molecule has 0 aliphatic rings. The van der Waals surface area contributed by atoms with E-state index in [1.807, 2.05) is 24.3 Å². The number of nitrogen functional groups attached to an aromatic ring is 1. The molecule has 0 atom stereocenters. The average molecular weight is 328 g/mol. The van der Waals surface area contributed by atoms with Gasteiger partial charge in [-0.3, -0.25) is 0 Å². The van der Waals surface area contributed by atoms with Gasteiger partial charge in [-0.25, -0.2) is 4.98 Å². The van der Waals surface area contributed by atoms with Crippen molar-refractivity contribution < 1.29 is 0 Å². The Bertz CT molecular complexity index is 831. The summed E-state index contributed by atoms with van der Waals surface area (Å²) < 4.78 is 0.802. The molecule has 5 nitrogen and oxygen atoms in total. The summed E-state index contributed by atoms with van der Waals surface area (Å²) in [6.07, 6.45) is 0. The Kier molecular flexibility index (Phi) is 3.05. The van der Waals surface area contributed by atoms with Gasteiger partial charge in [-0.05, 0) is 52.3 Å². The maximum atomic E-state index is 8.84. The van der Waals surface area contributed by atoms with Crippen LogP contribution >= 0.6 is 15.9 Å². The van der Waals surface area contributed by atoms with Crippen LogP contribution in [0.15, 0.2) is 40.9 Å². The van der Waals surface area contributed by atoms with E-state index in [1.165, 1.54) is 0 Å². The van der Waals surface area contributed by atoms with Crippen LogP contribution in [-0.2, 0) is 0 Å². The highest BCUT2D eigenvalue weighted by Gasteiger charge is 2.06. The first kappa shape index (κ1) is 12.5. The third-order valence-corrected chi connectivity index (χ3v) is 3.51. The molecule has 20 heavy (non-hydrogen) atoms. The van der Waals surface area contributed by atoms with Crippen molar-refractivity contribution in [3.8, 4) is 6.07 Å². The molecule has 0 spiro atoms. The first-order valence-corrected chi connectivity index (χ1v) is 6.67. The number of rotatable bonds is 2. The minimum atomic E-state index is 0.597. The second kappa shape index (κ2) is 4.87. The summed E-state index contributed by atoms with van der Waals surface area (Å²) in [6, 6.07) is 12.9. The van der Waals surface area contributed by atoms with E-state index in [4.69, 9.17) is 11.0 Å². The van der Waals surface area contributed by atoms with Crippen molar-refractivity contribution in [2.75, 3.05) is 11.1 Å². The molecule has 4 N–H and O–H groups in total. The van der Waals surface area contributed by atoms with Crippen molar-refractivity contribution in [2.45, 2.75) is 0 Å². The molecule has 98 valence electrons. The topological polar surface area (TPSA) is 90.5 Å². The van der Waals surface area contributed by atoms with Gasteiger partial charge >= 0.3 is 0 Å². The first-order chi connectivity index (χ1) is 9.65. The lowest BCUT2D eigenvalue weighted by Gasteiger charge is -2.05. The van der Waals surface area contributed by atoms with Gasteiger partial charge in [-0.1, -0.05) is 0 Å². The lowest BCUT2D eigenvalue weighted by Crippen LogP contribution is -1.93. The largest absolute Gasteiger partial charge is 0.399 e. The van der Waals surface area contributed by atoms with E-state index in [0.29, 0.717) is 17.2 Å². The number of nitrogens with one attached hydrogen (secondary N) is 2. The lowest BCUT2D eigenvalue weighted by molar-refractivity contribution is 1.30. The van der Waals surface area contributed by atoms with Gasteiger partial charge in [-0.2, -0.15) is 5.26 Å². The van der Waals surface area contributed by atoms with Gasteiger partial charge in [0, 0.05) is 10.2 Å². The summed E-state index contributed by atoms with van der Waals surface area (Å²) in [5.41, 5.74) is 9.56. The van der Waals surface area contributed by atoms with E-state index in [0.717, 1.165) is 21.2 Å². The Labute approximate surface area is 123 Å². The number of hydrogen-bond donors (Lipinski definition) is 3. The van der Waals surface area contributed by atoms with E-state index < -0.39 is 0 Å². The number of nitriles is 1. The van der Waals surface area contributed by atoms with Gasteiger partial charge in [-0.15, -0.1) is 0 Å². The molecule has 3 rings (SSSR count). The quantitative estimate of drug-likeness (QED) is 0.628. The van der Waals surface area contributed by atoms with Crippen LogP contribution in [-0.4, -0.2) is 9.97 Å². The summed E-state index contributed by atoms with van der Waals surface area (Å²) in [4.78, 5) is 7.58.